The van der Waals surface area contributed by atoms with E-state index in [2.05, 4.69) is 42.8 Å². The van der Waals surface area contributed by atoms with Gasteiger partial charge in [-0.15, -0.1) is 0 Å². The van der Waals surface area contributed by atoms with Crippen molar-refractivity contribution in [1.82, 2.24) is 0 Å². The van der Waals surface area contributed by atoms with Crippen LogP contribution in [0.4, 0.5) is 0 Å². The molecule has 0 unspecified atom stereocenters. The van der Waals surface area contributed by atoms with Crippen LogP contribution >= 0.6 is 27.5 Å². The molecule has 3 heteroatoms. The Morgan fingerprint density at radius 3 is 2.48 bits per heavy atom. The van der Waals surface area contributed by atoms with Gasteiger partial charge in [0, 0.05) is 15.8 Å². The second kappa shape index (κ2) is 7.37. The van der Waals surface area contributed by atoms with Crippen molar-refractivity contribution in [1.29, 1.82) is 0 Å². The van der Waals surface area contributed by atoms with Gasteiger partial charge >= 0.3 is 0 Å². The Hall–Kier alpha value is -0.210. The summed E-state index contributed by atoms with van der Waals surface area (Å²) in [4.78, 5) is 0. The van der Waals surface area contributed by atoms with E-state index in [1.807, 2.05) is 6.07 Å². The van der Waals surface area contributed by atoms with Crippen molar-refractivity contribution in [2.45, 2.75) is 58.8 Å². The smallest absolute Gasteiger partial charge is 0.122 e. The molecule has 1 saturated carbocycles. The van der Waals surface area contributed by atoms with Crippen LogP contribution in [0.5, 0.6) is 5.75 Å². The minimum absolute atomic E-state index is 0.308. The molecule has 0 N–H and O–H groups in total. The van der Waals surface area contributed by atoms with Gasteiger partial charge in [0.1, 0.15) is 5.75 Å². The molecule has 1 nitrogen and oxygen atoms in total. The molecule has 0 atom stereocenters. The summed E-state index contributed by atoms with van der Waals surface area (Å²) in [5.74, 6) is 1.41. The van der Waals surface area contributed by atoms with Crippen molar-refractivity contribution in [3.63, 3.8) is 0 Å². The largest absolute Gasteiger partial charge is 0.493 e. The first-order valence-electron chi connectivity index (χ1n) is 7.96. The molecule has 0 saturated heterocycles. The predicted molar refractivity (Wildman–Crippen MR) is 95.1 cm³/mol. The number of alkyl halides is 1. The summed E-state index contributed by atoms with van der Waals surface area (Å²) in [5.41, 5.74) is 2.61. The van der Waals surface area contributed by atoms with Crippen LogP contribution in [0.3, 0.4) is 0 Å². The third-order valence-corrected chi connectivity index (χ3v) is 6.16. The molecule has 118 valence electrons. The SMILES string of the molecule is Cc1cc(Cl)c(C(C)C)cc1OCC1(CBr)CCCCC1. The Kier molecular flexibility index (Phi) is 6.02. The van der Waals surface area contributed by atoms with E-state index >= 15 is 0 Å². The maximum absolute atomic E-state index is 6.34. The average Bonchev–Trinajstić information content (AvgIpc) is 2.47. The van der Waals surface area contributed by atoms with Crippen LogP contribution in [-0.4, -0.2) is 11.9 Å². The molecule has 1 aromatic rings. The van der Waals surface area contributed by atoms with Crippen LogP contribution in [0.2, 0.25) is 5.02 Å². The summed E-state index contributed by atoms with van der Waals surface area (Å²) in [5, 5.41) is 1.88. The van der Waals surface area contributed by atoms with Gasteiger partial charge in [-0.05, 0) is 48.9 Å². The quantitative estimate of drug-likeness (QED) is 0.535. The summed E-state index contributed by atoms with van der Waals surface area (Å²) < 4.78 is 6.23. The van der Waals surface area contributed by atoms with E-state index in [0.717, 1.165) is 28.3 Å². The van der Waals surface area contributed by atoms with Gasteiger partial charge in [-0.3, -0.25) is 0 Å². The number of ether oxygens (including phenoxy) is 1. The van der Waals surface area contributed by atoms with Crippen LogP contribution in [0, 0.1) is 12.3 Å². The van der Waals surface area contributed by atoms with Crippen molar-refractivity contribution in [3.05, 3.63) is 28.3 Å². The third kappa shape index (κ3) is 4.16. The standard InChI is InChI=1S/C18H26BrClO/c1-13(2)15-10-17(14(3)9-16(15)20)21-12-18(11-19)7-5-4-6-8-18/h9-10,13H,4-8,11-12H2,1-3H3. The molecule has 2 rings (SSSR count). The van der Waals surface area contributed by atoms with Crippen LogP contribution in [0.25, 0.3) is 0 Å². The van der Waals surface area contributed by atoms with Gasteiger partial charge in [0.15, 0.2) is 0 Å². The Morgan fingerprint density at radius 1 is 1.24 bits per heavy atom. The highest BCUT2D eigenvalue weighted by atomic mass is 79.9. The third-order valence-electron chi connectivity index (χ3n) is 4.65. The zero-order valence-corrected chi connectivity index (χ0v) is 15.7. The zero-order chi connectivity index (χ0) is 15.5. The Labute approximate surface area is 142 Å². The summed E-state index contributed by atoms with van der Waals surface area (Å²) >= 11 is 10.0. The van der Waals surface area contributed by atoms with Crippen molar-refractivity contribution in [2.75, 3.05) is 11.9 Å². The monoisotopic (exact) mass is 372 g/mol. The van der Waals surface area contributed by atoms with Gasteiger partial charge < -0.3 is 4.74 Å². The highest BCUT2D eigenvalue weighted by Crippen LogP contribution is 2.39. The van der Waals surface area contributed by atoms with Gasteiger partial charge in [-0.1, -0.05) is 60.6 Å². The van der Waals surface area contributed by atoms with Gasteiger partial charge in [-0.25, -0.2) is 0 Å². The fourth-order valence-corrected chi connectivity index (χ4v) is 4.27. The molecular formula is C18H26BrClO. The second-order valence-electron chi connectivity index (χ2n) is 6.78. The van der Waals surface area contributed by atoms with Gasteiger partial charge in [-0.2, -0.15) is 0 Å². The molecule has 1 aromatic carbocycles. The molecule has 0 radical (unpaired) electrons. The molecule has 1 fully saturated rings. The number of hydrogen-bond acceptors (Lipinski definition) is 1. The lowest BCUT2D eigenvalue weighted by Crippen LogP contribution is -2.32. The predicted octanol–water partition coefficient (Wildman–Crippen LogP) is 6.50. The highest BCUT2D eigenvalue weighted by Gasteiger charge is 2.32. The molecule has 1 aliphatic carbocycles. The number of hydrogen-bond donors (Lipinski definition) is 0. The minimum Gasteiger partial charge on any atom is -0.493 e. The maximum atomic E-state index is 6.34. The van der Waals surface area contributed by atoms with Crippen LogP contribution in [-0.2, 0) is 0 Å². The van der Waals surface area contributed by atoms with Crippen molar-refractivity contribution >= 4 is 27.5 Å². The van der Waals surface area contributed by atoms with Crippen LogP contribution in [0.1, 0.15) is 63.0 Å². The van der Waals surface area contributed by atoms with E-state index in [4.69, 9.17) is 16.3 Å². The average molecular weight is 374 g/mol. The minimum atomic E-state index is 0.308. The molecular weight excluding hydrogens is 348 g/mol. The summed E-state index contributed by atoms with van der Waals surface area (Å²) in [6.45, 7) is 7.22. The molecule has 1 aliphatic rings. The van der Waals surface area contributed by atoms with E-state index in [0.29, 0.717) is 11.3 Å². The van der Waals surface area contributed by atoms with Crippen LogP contribution < -0.4 is 4.74 Å². The van der Waals surface area contributed by atoms with Crippen molar-refractivity contribution < 1.29 is 4.74 Å². The number of rotatable bonds is 5. The Morgan fingerprint density at radius 2 is 1.90 bits per heavy atom. The van der Waals surface area contributed by atoms with E-state index < -0.39 is 0 Å². The fourth-order valence-electron chi connectivity index (χ4n) is 3.12. The molecule has 21 heavy (non-hydrogen) atoms. The lowest BCUT2D eigenvalue weighted by atomic mass is 9.76. The number of benzene rings is 1. The highest BCUT2D eigenvalue weighted by molar-refractivity contribution is 9.09. The van der Waals surface area contributed by atoms with E-state index in [1.165, 1.54) is 37.7 Å². The summed E-state index contributed by atoms with van der Waals surface area (Å²) in [7, 11) is 0. The van der Waals surface area contributed by atoms with E-state index in [-0.39, 0.29) is 0 Å². The molecule has 0 bridgehead atoms. The Bertz CT molecular complexity index is 478. The first kappa shape index (κ1) is 17.1. The topological polar surface area (TPSA) is 9.23 Å². The second-order valence-corrected chi connectivity index (χ2v) is 7.74. The molecule has 0 heterocycles. The van der Waals surface area contributed by atoms with Crippen molar-refractivity contribution in [3.8, 4) is 5.75 Å². The van der Waals surface area contributed by atoms with E-state index in [9.17, 15) is 0 Å². The number of aryl methyl sites for hydroxylation is 1. The summed E-state index contributed by atoms with van der Waals surface area (Å²) in [6, 6.07) is 4.17. The Balaban J connectivity index is 2.13. The van der Waals surface area contributed by atoms with E-state index in [1.54, 1.807) is 0 Å². The summed E-state index contributed by atoms with van der Waals surface area (Å²) in [6.07, 6.45) is 6.55. The molecule has 0 aliphatic heterocycles. The van der Waals surface area contributed by atoms with Gasteiger partial charge in [0.05, 0.1) is 6.61 Å². The van der Waals surface area contributed by atoms with Gasteiger partial charge in [0.25, 0.3) is 0 Å². The fraction of sp³-hybridized carbons (Fsp3) is 0.667. The molecule has 0 spiro atoms. The lowest BCUT2D eigenvalue weighted by molar-refractivity contribution is 0.121. The first-order valence-corrected chi connectivity index (χ1v) is 9.46. The normalized spacial score (nSPS) is 18.0. The zero-order valence-electron chi connectivity index (χ0n) is 13.3. The first-order chi connectivity index (χ1) is 9.97. The van der Waals surface area contributed by atoms with Gasteiger partial charge in [0.2, 0.25) is 0 Å². The molecule has 0 amide bonds. The van der Waals surface area contributed by atoms with Crippen molar-refractivity contribution in [2.24, 2.45) is 5.41 Å². The number of halogens is 2. The molecule has 0 aromatic heterocycles. The van der Waals surface area contributed by atoms with Crippen LogP contribution in [0.15, 0.2) is 12.1 Å². The lowest BCUT2D eigenvalue weighted by Gasteiger charge is -2.35. The maximum Gasteiger partial charge on any atom is 0.122 e.